The lowest BCUT2D eigenvalue weighted by Gasteiger charge is -2.28. The molecule has 0 atom stereocenters. The molecule has 1 aliphatic heterocycles. The number of amides is 1. The van der Waals surface area contributed by atoms with Crippen LogP contribution >= 0.6 is 11.3 Å². The summed E-state index contributed by atoms with van der Waals surface area (Å²) in [5, 5.41) is 17.0. The van der Waals surface area contributed by atoms with E-state index in [-0.39, 0.29) is 5.91 Å². The highest BCUT2D eigenvalue weighted by molar-refractivity contribution is 7.14. The van der Waals surface area contributed by atoms with Crippen molar-refractivity contribution >= 4 is 51.1 Å². The molecule has 1 aliphatic rings. The van der Waals surface area contributed by atoms with Crippen LogP contribution in [-0.4, -0.2) is 66.5 Å². The van der Waals surface area contributed by atoms with Crippen molar-refractivity contribution in [2.24, 2.45) is 0 Å². The van der Waals surface area contributed by atoms with Crippen LogP contribution in [0.25, 0.3) is 0 Å². The van der Waals surface area contributed by atoms with Gasteiger partial charge in [0.25, 0.3) is 5.91 Å². The van der Waals surface area contributed by atoms with E-state index in [0.717, 1.165) is 37.7 Å². The number of nitrogens with zero attached hydrogens (tertiary/aromatic N) is 3. The number of hydrogen-bond donors (Lipinski definition) is 4. The minimum atomic E-state index is -5.08. The summed E-state index contributed by atoms with van der Waals surface area (Å²) in [4.78, 5) is 31.6. The van der Waals surface area contributed by atoms with Gasteiger partial charge in [0.2, 0.25) is 0 Å². The molecule has 0 saturated carbocycles. The zero-order valence-corrected chi connectivity index (χ0v) is 19.8. The molecule has 0 bridgehead atoms. The van der Waals surface area contributed by atoms with Crippen LogP contribution in [0.1, 0.15) is 10.5 Å². The van der Waals surface area contributed by atoms with Crippen molar-refractivity contribution in [2.75, 3.05) is 48.9 Å². The topological polar surface area (TPSA) is 129 Å². The predicted octanol–water partition coefficient (Wildman–Crippen LogP) is 3.85. The molecule has 10 nitrogen and oxygen atoms in total. The molecule has 0 radical (unpaired) electrons. The number of carbonyl (C=O) groups is 2. The van der Waals surface area contributed by atoms with Gasteiger partial charge in [0.15, 0.2) is 5.69 Å². The molecule has 0 spiro atoms. The number of carbonyl (C=O) groups excluding carboxylic acids is 1. The highest BCUT2D eigenvalue weighted by atomic mass is 32.1. The number of aliphatic carboxylic acids is 1. The van der Waals surface area contributed by atoms with Gasteiger partial charge in [0.05, 0.1) is 18.7 Å². The average molecular weight is 525 g/mol. The number of carboxylic acid groups (broad SMARTS) is 1. The van der Waals surface area contributed by atoms with Crippen LogP contribution in [0, 0.1) is 0 Å². The standard InChI is InChI=1S/C20H22N6O2S.C2HF3O2/c1-21-19(27)18-20(29-13-23-18)25-15-6-7-22-17(12-15)24-14-2-4-16(5-3-14)26-8-10-28-11-9-26;3-2(4,5)1(6)7/h2-7,12-13H,8-11H2,1H3,(H,21,27)(H2,22,24,25);(H,6,7). The lowest BCUT2D eigenvalue weighted by atomic mass is 10.2. The number of halogens is 3. The van der Waals surface area contributed by atoms with Crippen molar-refractivity contribution in [2.45, 2.75) is 6.18 Å². The largest absolute Gasteiger partial charge is 0.490 e. The van der Waals surface area contributed by atoms with Gasteiger partial charge in [0.1, 0.15) is 10.8 Å². The molecule has 3 heterocycles. The van der Waals surface area contributed by atoms with Crippen molar-refractivity contribution < 1.29 is 32.6 Å². The van der Waals surface area contributed by atoms with Crippen LogP contribution in [0.5, 0.6) is 0 Å². The van der Waals surface area contributed by atoms with Crippen molar-refractivity contribution in [1.29, 1.82) is 0 Å². The van der Waals surface area contributed by atoms with Gasteiger partial charge < -0.3 is 30.7 Å². The van der Waals surface area contributed by atoms with E-state index in [9.17, 15) is 18.0 Å². The smallest absolute Gasteiger partial charge is 0.475 e. The molecule has 4 rings (SSSR count). The Hall–Kier alpha value is -3.91. The Morgan fingerprint density at radius 2 is 1.72 bits per heavy atom. The van der Waals surface area contributed by atoms with Crippen molar-refractivity contribution in [3.05, 3.63) is 53.8 Å². The average Bonchev–Trinajstić information content (AvgIpc) is 3.32. The number of nitrogens with one attached hydrogen (secondary N) is 3. The van der Waals surface area contributed by atoms with Crippen LogP contribution in [0.2, 0.25) is 0 Å². The maximum absolute atomic E-state index is 11.9. The monoisotopic (exact) mass is 524 g/mol. The number of thiazole rings is 1. The van der Waals surface area contributed by atoms with E-state index in [1.54, 1.807) is 18.8 Å². The van der Waals surface area contributed by atoms with Crippen LogP contribution in [0.3, 0.4) is 0 Å². The fraction of sp³-hybridized carbons (Fsp3) is 0.273. The first-order chi connectivity index (χ1) is 17.2. The van der Waals surface area contributed by atoms with Crippen LogP contribution in [-0.2, 0) is 9.53 Å². The van der Waals surface area contributed by atoms with Crippen molar-refractivity contribution in [3.8, 4) is 0 Å². The van der Waals surface area contributed by atoms with Crippen LogP contribution in [0.15, 0.2) is 48.1 Å². The molecule has 192 valence electrons. The van der Waals surface area contributed by atoms with Gasteiger partial charge in [-0.05, 0) is 30.3 Å². The first-order valence-corrected chi connectivity index (χ1v) is 11.4. The summed E-state index contributed by atoms with van der Waals surface area (Å²) in [6.45, 7) is 3.37. The Kier molecular flexibility index (Phi) is 9.02. The number of carboxylic acids is 1. The Balaban J connectivity index is 0.000000454. The maximum Gasteiger partial charge on any atom is 0.490 e. The van der Waals surface area contributed by atoms with E-state index in [0.29, 0.717) is 16.5 Å². The SMILES string of the molecule is CNC(=O)c1ncsc1Nc1ccnc(Nc2ccc(N3CCOCC3)cc2)c1.O=C(O)C(F)(F)F. The number of alkyl halides is 3. The Morgan fingerprint density at radius 3 is 2.33 bits per heavy atom. The highest BCUT2D eigenvalue weighted by Gasteiger charge is 2.38. The molecule has 0 aliphatic carbocycles. The molecule has 3 aromatic rings. The van der Waals surface area contributed by atoms with E-state index >= 15 is 0 Å². The normalized spacial score (nSPS) is 13.3. The summed E-state index contributed by atoms with van der Waals surface area (Å²) < 4.78 is 37.1. The van der Waals surface area contributed by atoms with Crippen LogP contribution in [0.4, 0.5) is 41.1 Å². The molecule has 1 aromatic carbocycles. The van der Waals surface area contributed by atoms with Gasteiger partial charge in [-0.3, -0.25) is 4.79 Å². The molecule has 36 heavy (non-hydrogen) atoms. The summed E-state index contributed by atoms with van der Waals surface area (Å²) in [6, 6.07) is 12.0. The molecule has 1 saturated heterocycles. The minimum absolute atomic E-state index is 0.221. The number of hydrogen-bond acceptors (Lipinski definition) is 9. The number of pyridine rings is 1. The number of ether oxygens (including phenoxy) is 1. The van der Waals surface area contributed by atoms with Crippen LogP contribution < -0.4 is 20.9 Å². The molecule has 1 amide bonds. The summed E-state index contributed by atoms with van der Waals surface area (Å²) in [5.74, 6) is -2.27. The molecule has 14 heteroatoms. The number of benzene rings is 1. The van der Waals surface area contributed by atoms with E-state index in [1.807, 2.05) is 24.3 Å². The third kappa shape index (κ3) is 7.55. The Bertz CT molecular complexity index is 1170. The number of morpholine rings is 1. The van der Waals surface area contributed by atoms with Gasteiger partial charge in [-0.15, -0.1) is 11.3 Å². The van der Waals surface area contributed by atoms with E-state index in [1.165, 1.54) is 17.0 Å². The third-order valence-electron chi connectivity index (χ3n) is 4.79. The van der Waals surface area contributed by atoms with Gasteiger partial charge in [0, 0.05) is 49.5 Å². The van der Waals surface area contributed by atoms with Crippen molar-refractivity contribution in [1.82, 2.24) is 15.3 Å². The highest BCUT2D eigenvalue weighted by Crippen LogP contribution is 2.27. The third-order valence-corrected chi connectivity index (χ3v) is 5.53. The lowest BCUT2D eigenvalue weighted by molar-refractivity contribution is -0.192. The zero-order valence-electron chi connectivity index (χ0n) is 19.0. The molecule has 4 N–H and O–H groups in total. The second-order valence-electron chi connectivity index (χ2n) is 7.24. The maximum atomic E-state index is 11.9. The number of aromatic nitrogens is 2. The molecule has 2 aromatic heterocycles. The van der Waals surface area contributed by atoms with Crippen molar-refractivity contribution in [3.63, 3.8) is 0 Å². The second kappa shape index (κ2) is 12.2. The van der Waals surface area contributed by atoms with E-state index in [2.05, 4.69) is 43.0 Å². The van der Waals surface area contributed by atoms with Gasteiger partial charge >= 0.3 is 12.1 Å². The fourth-order valence-corrected chi connectivity index (χ4v) is 3.75. The van der Waals surface area contributed by atoms with Gasteiger partial charge in [-0.1, -0.05) is 0 Å². The summed E-state index contributed by atoms with van der Waals surface area (Å²) >= 11 is 1.38. The van der Waals surface area contributed by atoms with Gasteiger partial charge in [-0.2, -0.15) is 13.2 Å². The minimum Gasteiger partial charge on any atom is -0.475 e. The first kappa shape index (κ1) is 26.7. The van der Waals surface area contributed by atoms with Gasteiger partial charge in [-0.25, -0.2) is 14.8 Å². The quantitative estimate of drug-likeness (QED) is 0.380. The zero-order chi connectivity index (χ0) is 26.1. The summed E-state index contributed by atoms with van der Waals surface area (Å²) in [7, 11) is 1.59. The molecular weight excluding hydrogens is 501 g/mol. The summed E-state index contributed by atoms with van der Waals surface area (Å²) in [5.41, 5.74) is 4.98. The molecule has 1 fully saturated rings. The van der Waals surface area contributed by atoms with E-state index < -0.39 is 12.1 Å². The Labute approximate surface area is 208 Å². The fourth-order valence-electron chi connectivity index (χ4n) is 3.05. The number of rotatable bonds is 6. The van der Waals surface area contributed by atoms with E-state index in [4.69, 9.17) is 14.6 Å². The Morgan fingerprint density at radius 1 is 1.06 bits per heavy atom. The second-order valence-corrected chi connectivity index (χ2v) is 8.09. The molecular formula is C22H23F3N6O4S. The lowest BCUT2D eigenvalue weighted by Crippen LogP contribution is -2.36. The predicted molar refractivity (Wildman–Crippen MR) is 129 cm³/mol. The molecule has 0 unspecified atom stereocenters. The first-order valence-electron chi connectivity index (χ1n) is 10.6. The summed E-state index contributed by atoms with van der Waals surface area (Å²) in [6.07, 6.45) is -3.37. The number of anilines is 5.